The first kappa shape index (κ1) is 22.3. The number of nitrogens with one attached hydrogen (secondary N) is 1. The van der Waals surface area contributed by atoms with Crippen molar-refractivity contribution in [3.63, 3.8) is 0 Å². The molecule has 28 heavy (non-hydrogen) atoms. The number of pyridine rings is 1. The molecule has 0 spiro atoms. The zero-order valence-corrected chi connectivity index (χ0v) is 17.7. The number of hydrogen-bond acceptors (Lipinski definition) is 5. The molecular formula is C20H27ClN4O2S. The number of amides is 2. The second-order valence-electron chi connectivity index (χ2n) is 6.82. The van der Waals surface area contributed by atoms with Gasteiger partial charge < -0.3 is 15.1 Å². The molecule has 152 valence electrons. The number of thiophene rings is 1. The molecule has 8 heteroatoms. The van der Waals surface area contributed by atoms with Gasteiger partial charge in [0.05, 0.1) is 23.7 Å². The third-order valence-electron chi connectivity index (χ3n) is 4.82. The van der Waals surface area contributed by atoms with Gasteiger partial charge in [-0.05, 0) is 55.9 Å². The van der Waals surface area contributed by atoms with Gasteiger partial charge in [0, 0.05) is 19.3 Å². The first-order chi connectivity index (χ1) is 13.1. The molecule has 0 saturated carbocycles. The Labute approximate surface area is 176 Å². The van der Waals surface area contributed by atoms with Crippen molar-refractivity contribution in [2.45, 2.75) is 31.8 Å². The van der Waals surface area contributed by atoms with E-state index in [0.29, 0.717) is 11.4 Å². The highest BCUT2D eigenvalue weighted by Gasteiger charge is 2.27. The standard InChI is InChI=1S/C20H26N4O2S.ClH/c1-23(20(26)18-8-5-13-27-18)15-19(25)24(14-16-6-2-3-11-22-16)17-7-4-10-21-12-9-17;/h2-3,5-6,8,11,13,17,21H,4,7,9-10,12,14-15H2,1H3;1H. The normalized spacial score (nSPS) is 16.5. The predicted octanol–water partition coefficient (Wildman–Crippen LogP) is 2.81. The molecule has 1 saturated heterocycles. The molecule has 1 fully saturated rings. The van der Waals surface area contributed by atoms with Crippen LogP contribution < -0.4 is 5.32 Å². The van der Waals surface area contributed by atoms with Crippen LogP contribution in [0.1, 0.15) is 34.6 Å². The van der Waals surface area contributed by atoms with E-state index in [9.17, 15) is 9.59 Å². The van der Waals surface area contributed by atoms with Crippen molar-refractivity contribution in [3.8, 4) is 0 Å². The average Bonchev–Trinajstić information content (AvgIpc) is 3.09. The molecule has 1 atom stereocenters. The minimum atomic E-state index is -0.112. The fraction of sp³-hybridized carbons (Fsp3) is 0.450. The maximum absolute atomic E-state index is 13.1. The Hall–Kier alpha value is -1.96. The van der Waals surface area contributed by atoms with E-state index in [0.717, 1.165) is 38.0 Å². The van der Waals surface area contributed by atoms with Gasteiger partial charge in [0.2, 0.25) is 5.91 Å². The number of halogens is 1. The van der Waals surface area contributed by atoms with E-state index in [4.69, 9.17) is 0 Å². The van der Waals surface area contributed by atoms with Crippen LogP contribution in [0.4, 0.5) is 0 Å². The zero-order valence-electron chi connectivity index (χ0n) is 16.0. The lowest BCUT2D eigenvalue weighted by Crippen LogP contribution is -2.46. The van der Waals surface area contributed by atoms with Gasteiger partial charge in [0.25, 0.3) is 5.91 Å². The van der Waals surface area contributed by atoms with Crippen LogP contribution in [0.25, 0.3) is 0 Å². The number of nitrogens with zero attached hydrogens (tertiary/aromatic N) is 3. The lowest BCUT2D eigenvalue weighted by Gasteiger charge is -2.32. The quantitative estimate of drug-likeness (QED) is 0.777. The molecule has 0 bridgehead atoms. The Morgan fingerprint density at radius 3 is 2.79 bits per heavy atom. The van der Waals surface area contributed by atoms with E-state index >= 15 is 0 Å². The number of likely N-dealkylation sites (N-methyl/N-ethyl adjacent to an activating group) is 1. The van der Waals surface area contributed by atoms with Gasteiger partial charge in [-0.15, -0.1) is 23.7 Å². The maximum atomic E-state index is 13.1. The fourth-order valence-electron chi connectivity index (χ4n) is 3.35. The highest BCUT2D eigenvalue weighted by Crippen LogP contribution is 2.18. The fourth-order valence-corrected chi connectivity index (χ4v) is 4.07. The van der Waals surface area contributed by atoms with Crippen LogP contribution in [-0.2, 0) is 11.3 Å². The number of aromatic nitrogens is 1. The molecule has 3 heterocycles. The summed E-state index contributed by atoms with van der Waals surface area (Å²) in [6, 6.07) is 9.55. The first-order valence-corrected chi connectivity index (χ1v) is 10.2. The van der Waals surface area contributed by atoms with Crippen LogP contribution in [0.15, 0.2) is 41.9 Å². The van der Waals surface area contributed by atoms with Crippen molar-refractivity contribution in [2.75, 3.05) is 26.7 Å². The summed E-state index contributed by atoms with van der Waals surface area (Å²) in [6.07, 6.45) is 4.68. The van der Waals surface area contributed by atoms with Crippen molar-refractivity contribution in [3.05, 3.63) is 52.5 Å². The van der Waals surface area contributed by atoms with E-state index in [1.165, 1.54) is 16.2 Å². The highest BCUT2D eigenvalue weighted by atomic mass is 35.5. The van der Waals surface area contributed by atoms with E-state index in [1.807, 2.05) is 34.5 Å². The van der Waals surface area contributed by atoms with Gasteiger partial charge in [-0.2, -0.15) is 0 Å². The Balaban J connectivity index is 0.00000280. The summed E-state index contributed by atoms with van der Waals surface area (Å²) in [5, 5.41) is 5.27. The Kier molecular flexibility index (Phi) is 8.89. The maximum Gasteiger partial charge on any atom is 0.264 e. The second kappa shape index (κ2) is 11.1. The number of rotatable bonds is 6. The molecule has 0 aromatic carbocycles. The summed E-state index contributed by atoms with van der Waals surface area (Å²) >= 11 is 1.39. The topological polar surface area (TPSA) is 65.5 Å². The molecule has 0 radical (unpaired) electrons. The number of carbonyl (C=O) groups is 2. The second-order valence-corrected chi connectivity index (χ2v) is 7.76. The van der Waals surface area contributed by atoms with Crippen molar-refractivity contribution >= 4 is 35.6 Å². The third-order valence-corrected chi connectivity index (χ3v) is 5.67. The highest BCUT2D eigenvalue weighted by molar-refractivity contribution is 7.12. The van der Waals surface area contributed by atoms with Gasteiger partial charge in [-0.1, -0.05) is 12.1 Å². The zero-order chi connectivity index (χ0) is 19.1. The predicted molar refractivity (Wildman–Crippen MR) is 114 cm³/mol. The summed E-state index contributed by atoms with van der Waals surface area (Å²) in [5.41, 5.74) is 0.871. The van der Waals surface area contributed by atoms with Gasteiger partial charge in [0.15, 0.2) is 0 Å². The minimum absolute atomic E-state index is 0. The van der Waals surface area contributed by atoms with Crippen LogP contribution in [-0.4, -0.2) is 59.3 Å². The summed E-state index contributed by atoms with van der Waals surface area (Å²) in [6.45, 7) is 2.44. The van der Waals surface area contributed by atoms with E-state index in [1.54, 1.807) is 19.3 Å². The SMILES string of the molecule is CN(CC(=O)N(Cc1ccccn1)C1CCCNCC1)C(=O)c1cccs1.Cl. The van der Waals surface area contributed by atoms with Crippen molar-refractivity contribution < 1.29 is 9.59 Å². The van der Waals surface area contributed by atoms with Gasteiger partial charge in [-0.3, -0.25) is 14.6 Å². The monoisotopic (exact) mass is 422 g/mol. The van der Waals surface area contributed by atoms with Gasteiger partial charge in [-0.25, -0.2) is 0 Å². The summed E-state index contributed by atoms with van der Waals surface area (Å²) in [7, 11) is 1.69. The minimum Gasteiger partial charge on any atom is -0.332 e. The van der Waals surface area contributed by atoms with Crippen LogP contribution in [0.3, 0.4) is 0 Å². The molecule has 1 aliphatic heterocycles. The lowest BCUT2D eigenvalue weighted by molar-refractivity contribution is -0.135. The third kappa shape index (κ3) is 6.02. The summed E-state index contributed by atoms with van der Waals surface area (Å²) < 4.78 is 0. The van der Waals surface area contributed by atoms with Gasteiger partial charge >= 0.3 is 0 Å². The van der Waals surface area contributed by atoms with E-state index in [2.05, 4.69) is 10.3 Å². The molecule has 6 nitrogen and oxygen atoms in total. The van der Waals surface area contributed by atoms with E-state index in [-0.39, 0.29) is 36.8 Å². The van der Waals surface area contributed by atoms with Crippen LogP contribution >= 0.6 is 23.7 Å². The van der Waals surface area contributed by atoms with Crippen LogP contribution in [0.2, 0.25) is 0 Å². The van der Waals surface area contributed by atoms with Crippen molar-refractivity contribution in [2.24, 2.45) is 0 Å². The Bertz CT molecular complexity index is 734. The number of hydrogen-bond donors (Lipinski definition) is 1. The smallest absolute Gasteiger partial charge is 0.264 e. The van der Waals surface area contributed by atoms with Crippen LogP contribution in [0, 0.1) is 0 Å². The molecule has 3 rings (SSSR count). The molecule has 0 aliphatic carbocycles. The Morgan fingerprint density at radius 1 is 1.21 bits per heavy atom. The molecule has 2 aromatic heterocycles. The largest absolute Gasteiger partial charge is 0.332 e. The first-order valence-electron chi connectivity index (χ1n) is 9.34. The van der Waals surface area contributed by atoms with Crippen LogP contribution in [0.5, 0.6) is 0 Å². The molecule has 1 N–H and O–H groups in total. The average molecular weight is 423 g/mol. The van der Waals surface area contributed by atoms with Gasteiger partial charge in [0.1, 0.15) is 0 Å². The molecular weight excluding hydrogens is 396 g/mol. The number of carbonyl (C=O) groups excluding carboxylic acids is 2. The van der Waals surface area contributed by atoms with Crippen molar-refractivity contribution in [1.29, 1.82) is 0 Å². The molecule has 1 unspecified atom stereocenters. The molecule has 2 aromatic rings. The van der Waals surface area contributed by atoms with E-state index < -0.39 is 0 Å². The molecule has 2 amide bonds. The summed E-state index contributed by atoms with van der Waals surface area (Å²) in [5.74, 6) is -0.140. The van der Waals surface area contributed by atoms with Crippen molar-refractivity contribution in [1.82, 2.24) is 20.1 Å². The summed E-state index contributed by atoms with van der Waals surface area (Å²) in [4.78, 5) is 34.1. The Morgan fingerprint density at radius 2 is 2.07 bits per heavy atom. The lowest BCUT2D eigenvalue weighted by atomic mass is 10.1. The molecule has 1 aliphatic rings.